The third kappa shape index (κ3) is 2.45. The van der Waals surface area contributed by atoms with Gasteiger partial charge >= 0.3 is 5.97 Å². The summed E-state index contributed by atoms with van der Waals surface area (Å²) in [5.74, 6) is 0.217. The molecule has 2 aliphatic heterocycles. The zero-order valence-electron chi connectivity index (χ0n) is 11.1. The molecular formula is C13H14ClN3O3S. The highest BCUT2D eigenvalue weighted by atomic mass is 35.5. The van der Waals surface area contributed by atoms with E-state index >= 15 is 0 Å². The lowest BCUT2D eigenvalue weighted by atomic mass is 10.0. The van der Waals surface area contributed by atoms with E-state index in [1.54, 1.807) is 16.7 Å². The maximum absolute atomic E-state index is 11.9. The first-order chi connectivity index (χ1) is 9.70. The lowest BCUT2D eigenvalue weighted by Gasteiger charge is -2.15. The van der Waals surface area contributed by atoms with Gasteiger partial charge in [0.2, 0.25) is 0 Å². The Morgan fingerprint density at radius 2 is 2.24 bits per heavy atom. The summed E-state index contributed by atoms with van der Waals surface area (Å²) >= 11 is 1.45. The molecule has 0 saturated carbocycles. The summed E-state index contributed by atoms with van der Waals surface area (Å²) in [5, 5.41) is 1.85. The minimum Gasteiger partial charge on any atom is -0.465 e. The largest absolute Gasteiger partial charge is 0.465 e. The summed E-state index contributed by atoms with van der Waals surface area (Å²) in [6.07, 6.45) is 1.73. The van der Waals surface area contributed by atoms with Crippen molar-refractivity contribution < 1.29 is 9.53 Å². The van der Waals surface area contributed by atoms with E-state index in [2.05, 4.69) is 9.88 Å². The van der Waals surface area contributed by atoms with Crippen molar-refractivity contribution in [2.75, 3.05) is 19.7 Å². The molecule has 4 heterocycles. The van der Waals surface area contributed by atoms with Gasteiger partial charge in [0.15, 0.2) is 4.96 Å². The molecule has 0 aromatic carbocycles. The predicted molar refractivity (Wildman–Crippen MR) is 79.8 cm³/mol. The Labute approximate surface area is 130 Å². The van der Waals surface area contributed by atoms with Crippen LogP contribution in [0.5, 0.6) is 0 Å². The summed E-state index contributed by atoms with van der Waals surface area (Å²) in [7, 11) is 0. The molecule has 2 atom stereocenters. The summed E-state index contributed by atoms with van der Waals surface area (Å²) in [5.41, 5.74) is 0.718. The van der Waals surface area contributed by atoms with Gasteiger partial charge in [-0.15, -0.1) is 23.7 Å². The van der Waals surface area contributed by atoms with Gasteiger partial charge in [-0.3, -0.25) is 18.9 Å². The third-order valence-corrected chi connectivity index (χ3v) is 4.76. The number of halogens is 1. The van der Waals surface area contributed by atoms with Crippen LogP contribution >= 0.6 is 23.7 Å². The number of hydrogen-bond acceptors (Lipinski definition) is 6. The van der Waals surface area contributed by atoms with Crippen LogP contribution in [0.15, 0.2) is 22.4 Å². The van der Waals surface area contributed by atoms with Crippen LogP contribution in [0.3, 0.4) is 0 Å². The zero-order valence-corrected chi connectivity index (χ0v) is 12.7. The molecule has 112 valence electrons. The molecule has 6 nitrogen and oxygen atoms in total. The van der Waals surface area contributed by atoms with Crippen LogP contribution in [-0.2, 0) is 16.1 Å². The van der Waals surface area contributed by atoms with Crippen LogP contribution < -0.4 is 5.56 Å². The molecule has 2 fully saturated rings. The second-order valence-electron chi connectivity index (χ2n) is 5.33. The Morgan fingerprint density at radius 1 is 1.38 bits per heavy atom. The van der Waals surface area contributed by atoms with Crippen molar-refractivity contribution in [1.82, 2.24) is 14.3 Å². The zero-order chi connectivity index (χ0) is 13.7. The fraction of sp³-hybridized carbons (Fsp3) is 0.462. The highest BCUT2D eigenvalue weighted by molar-refractivity contribution is 7.15. The predicted octanol–water partition coefficient (Wildman–Crippen LogP) is 0.783. The van der Waals surface area contributed by atoms with E-state index in [4.69, 9.17) is 4.74 Å². The molecular weight excluding hydrogens is 314 g/mol. The van der Waals surface area contributed by atoms with E-state index in [9.17, 15) is 9.59 Å². The summed E-state index contributed by atoms with van der Waals surface area (Å²) in [6, 6.07) is 1.58. The number of rotatable bonds is 2. The van der Waals surface area contributed by atoms with Crippen molar-refractivity contribution in [3.8, 4) is 0 Å². The highest BCUT2D eigenvalue weighted by Gasteiger charge is 2.43. The lowest BCUT2D eigenvalue weighted by molar-refractivity contribution is -0.141. The van der Waals surface area contributed by atoms with Gasteiger partial charge in [-0.25, -0.2) is 4.98 Å². The SMILES string of the molecule is Cl.O=C1OC[C@H]2CN(Cc3cc(=O)n4ccsc4n3)C[C@@H]12. The van der Waals surface area contributed by atoms with E-state index in [0.717, 1.165) is 12.2 Å². The summed E-state index contributed by atoms with van der Waals surface area (Å²) in [4.78, 5) is 30.8. The first kappa shape index (κ1) is 14.5. The topological polar surface area (TPSA) is 63.9 Å². The Bertz CT molecular complexity index is 744. The van der Waals surface area contributed by atoms with Crippen LogP contribution in [0.2, 0.25) is 0 Å². The van der Waals surface area contributed by atoms with Gasteiger partial charge in [0.05, 0.1) is 18.2 Å². The van der Waals surface area contributed by atoms with Gasteiger partial charge in [0.25, 0.3) is 5.56 Å². The van der Waals surface area contributed by atoms with Crippen LogP contribution in [-0.4, -0.2) is 40.0 Å². The molecule has 0 aliphatic carbocycles. The van der Waals surface area contributed by atoms with E-state index in [0.29, 0.717) is 30.6 Å². The first-order valence-corrected chi connectivity index (χ1v) is 7.43. The fourth-order valence-corrected chi connectivity index (χ4v) is 3.76. The average Bonchev–Trinajstić information content (AvgIpc) is 3.08. The van der Waals surface area contributed by atoms with Crippen molar-refractivity contribution in [2.24, 2.45) is 11.8 Å². The Kier molecular flexibility index (Phi) is 3.73. The molecule has 0 spiro atoms. The number of nitrogens with zero attached hydrogens (tertiary/aromatic N) is 3. The number of hydrogen-bond donors (Lipinski definition) is 0. The van der Waals surface area contributed by atoms with Crippen molar-refractivity contribution >= 4 is 34.7 Å². The van der Waals surface area contributed by atoms with Gasteiger partial charge in [-0.05, 0) is 0 Å². The second kappa shape index (κ2) is 5.40. The van der Waals surface area contributed by atoms with Gasteiger partial charge in [0, 0.05) is 43.2 Å². The van der Waals surface area contributed by atoms with Gasteiger partial charge in [-0.2, -0.15) is 0 Å². The molecule has 2 aliphatic rings. The monoisotopic (exact) mass is 327 g/mol. The number of likely N-dealkylation sites (tertiary alicyclic amines) is 1. The third-order valence-electron chi connectivity index (χ3n) is 4.00. The normalized spacial score (nSPS) is 24.9. The number of carbonyl (C=O) groups excluding carboxylic acids is 1. The van der Waals surface area contributed by atoms with Gasteiger partial charge in [-0.1, -0.05) is 0 Å². The van der Waals surface area contributed by atoms with Crippen molar-refractivity contribution in [1.29, 1.82) is 0 Å². The smallest absolute Gasteiger partial charge is 0.310 e. The van der Waals surface area contributed by atoms with E-state index in [1.807, 2.05) is 5.38 Å². The van der Waals surface area contributed by atoms with E-state index in [1.165, 1.54) is 11.3 Å². The van der Waals surface area contributed by atoms with Crippen LogP contribution in [0.4, 0.5) is 0 Å². The molecule has 2 saturated heterocycles. The molecule has 2 aromatic heterocycles. The molecule has 0 N–H and O–H groups in total. The number of ether oxygens (including phenoxy) is 1. The Morgan fingerprint density at radius 3 is 3.05 bits per heavy atom. The van der Waals surface area contributed by atoms with E-state index in [-0.39, 0.29) is 29.9 Å². The second-order valence-corrected chi connectivity index (χ2v) is 6.21. The highest BCUT2D eigenvalue weighted by Crippen LogP contribution is 2.30. The molecule has 21 heavy (non-hydrogen) atoms. The molecule has 4 rings (SSSR count). The summed E-state index contributed by atoms with van der Waals surface area (Å²) < 4.78 is 6.60. The molecule has 0 bridgehead atoms. The minimum absolute atomic E-state index is 0. The fourth-order valence-electron chi connectivity index (χ4n) is 3.02. The maximum Gasteiger partial charge on any atom is 0.310 e. The first-order valence-electron chi connectivity index (χ1n) is 6.55. The van der Waals surface area contributed by atoms with Crippen molar-refractivity contribution in [2.45, 2.75) is 6.54 Å². The van der Waals surface area contributed by atoms with Crippen LogP contribution in [0.25, 0.3) is 4.96 Å². The Hall–Kier alpha value is -1.44. The van der Waals surface area contributed by atoms with Crippen molar-refractivity contribution in [3.63, 3.8) is 0 Å². The van der Waals surface area contributed by atoms with E-state index < -0.39 is 0 Å². The average molecular weight is 328 g/mol. The van der Waals surface area contributed by atoms with Crippen LogP contribution in [0, 0.1) is 11.8 Å². The van der Waals surface area contributed by atoms with Crippen LogP contribution in [0.1, 0.15) is 5.69 Å². The minimum atomic E-state index is -0.0840. The number of esters is 1. The number of carbonyl (C=O) groups is 1. The number of thiazole rings is 1. The molecule has 0 radical (unpaired) electrons. The molecule has 0 amide bonds. The number of aromatic nitrogens is 2. The van der Waals surface area contributed by atoms with Gasteiger partial charge < -0.3 is 4.74 Å². The number of cyclic esters (lactones) is 1. The molecule has 0 unspecified atom stereocenters. The molecule has 2 aromatic rings. The number of fused-ring (bicyclic) bond motifs is 2. The van der Waals surface area contributed by atoms with Crippen molar-refractivity contribution in [3.05, 3.63) is 33.7 Å². The standard InChI is InChI=1S/C13H13N3O3S.ClH/c17-11-3-9(14-13-16(11)1-2-20-13)5-15-4-8-7-19-12(18)10(8)6-15;/h1-3,8,10H,4-7H2;1H/t8-,10-;/m1./s1. The maximum atomic E-state index is 11.9. The lowest BCUT2D eigenvalue weighted by Crippen LogP contribution is -2.25. The summed E-state index contributed by atoms with van der Waals surface area (Å²) in [6.45, 7) is 2.68. The van der Waals surface area contributed by atoms with Gasteiger partial charge in [0.1, 0.15) is 0 Å². The Balaban J connectivity index is 0.00000132. The quantitative estimate of drug-likeness (QED) is 0.763. The molecule has 8 heteroatoms.